The van der Waals surface area contributed by atoms with Crippen molar-refractivity contribution in [2.45, 2.75) is 18.9 Å². The molecule has 2 unspecified atom stereocenters. The molecule has 2 N–H and O–H groups in total. The summed E-state index contributed by atoms with van der Waals surface area (Å²) < 4.78 is 6.75. The maximum absolute atomic E-state index is 12.7. The molecule has 1 aromatic heterocycles. The van der Waals surface area contributed by atoms with Crippen LogP contribution in [0.25, 0.3) is 10.9 Å². The Morgan fingerprint density at radius 3 is 2.71 bits per heavy atom. The number of carbonyl (C=O) groups excluding carboxylic acids is 2. The molecule has 3 aromatic rings. The molecule has 0 aliphatic heterocycles. The zero-order valence-electron chi connectivity index (χ0n) is 15.6. The lowest BCUT2D eigenvalue weighted by molar-refractivity contribution is -0.117. The fourth-order valence-corrected chi connectivity index (χ4v) is 3.74. The highest BCUT2D eigenvalue weighted by Crippen LogP contribution is 2.48. The summed E-state index contributed by atoms with van der Waals surface area (Å²) in [5.74, 6) is -0.340. The second-order valence-electron chi connectivity index (χ2n) is 7.03. The van der Waals surface area contributed by atoms with Crippen LogP contribution in [0.15, 0.2) is 54.7 Å². The first-order valence-electron chi connectivity index (χ1n) is 9.30. The summed E-state index contributed by atoms with van der Waals surface area (Å²) >= 11 is 0. The van der Waals surface area contributed by atoms with Gasteiger partial charge in [0.1, 0.15) is 0 Å². The summed E-state index contributed by atoms with van der Waals surface area (Å²) in [5, 5.41) is 13.0. The Morgan fingerprint density at radius 1 is 1.21 bits per heavy atom. The van der Waals surface area contributed by atoms with Gasteiger partial charge < -0.3 is 19.7 Å². The monoisotopic (exact) mass is 378 g/mol. The van der Waals surface area contributed by atoms with Gasteiger partial charge in [0.2, 0.25) is 5.91 Å². The number of esters is 1. The Hall–Kier alpha value is -3.12. The van der Waals surface area contributed by atoms with Gasteiger partial charge in [-0.2, -0.15) is 0 Å². The number of rotatable bonds is 6. The normalized spacial score (nSPS) is 18.1. The number of ether oxygens (including phenoxy) is 1. The van der Waals surface area contributed by atoms with Crippen molar-refractivity contribution >= 4 is 28.5 Å². The van der Waals surface area contributed by atoms with Crippen molar-refractivity contribution in [3.8, 4) is 0 Å². The Morgan fingerprint density at radius 2 is 2.00 bits per heavy atom. The number of hydrogen-bond donors (Lipinski definition) is 2. The molecule has 1 amide bonds. The highest BCUT2D eigenvalue weighted by atomic mass is 16.5. The molecule has 2 aromatic carbocycles. The molecule has 1 aliphatic rings. The number of methoxy groups -OCH3 is 1. The maximum atomic E-state index is 12.7. The standard InChI is InChI=1S/C22H22N2O4/c1-28-22(27)19-11-15(12-20-16(19)7-8-24(20)9-10-25)23-21(26)18-13-17(18)14-5-3-2-4-6-14/h2-8,11-12,17-18,25H,9-10,13H2,1H3,(H,23,26). The quantitative estimate of drug-likeness (QED) is 0.646. The molecule has 1 saturated carbocycles. The number of benzene rings is 2. The van der Waals surface area contributed by atoms with Gasteiger partial charge in [0.15, 0.2) is 0 Å². The second-order valence-corrected chi connectivity index (χ2v) is 7.03. The van der Waals surface area contributed by atoms with Gasteiger partial charge in [0.25, 0.3) is 0 Å². The van der Waals surface area contributed by atoms with Crippen LogP contribution in [0.4, 0.5) is 5.69 Å². The third-order valence-corrected chi connectivity index (χ3v) is 5.26. The number of aliphatic hydroxyl groups excluding tert-OH is 1. The predicted molar refractivity (Wildman–Crippen MR) is 106 cm³/mol. The second kappa shape index (κ2) is 7.48. The van der Waals surface area contributed by atoms with Crippen molar-refractivity contribution in [3.05, 3.63) is 65.9 Å². The largest absolute Gasteiger partial charge is 0.465 e. The van der Waals surface area contributed by atoms with Gasteiger partial charge in [-0.05, 0) is 36.1 Å². The first-order chi connectivity index (χ1) is 13.6. The number of aliphatic hydroxyl groups is 1. The zero-order valence-corrected chi connectivity index (χ0v) is 15.6. The van der Waals surface area contributed by atoms with E-state index in [4.69, 9.17) is 4.74 Å². The fraction of sp³-hybridized carbons (Fsp3) is 0.273. The number of fused-ring (bicyclic) bond motifs is 1. The topological polar surface area (TPSA) is 80.6 Å². The van der Waals surface area contributed by atoms with E-state index in [1.165, 1.54) is 12.7 Å². The molecular formula is C22H22N2O4. The zero-order chi connectivity index (χ0) is 19.7. The number of nitrogens with one attached hydrogen (secondary N) is 1. The highest BCUT2D eigenvalue weighted by molar-refractivity contribution is 6.07. The molecule has 2 atom stereocenters. The van der Waals surface area contributed by atoms with Crippen LogP contribution in [0, 0.1) is 5.92 Å². The summed E-state index contributed by atoms with van der Waals surface area (Å²) in [4.78, 5) is 24.9. The van der Waals surface area contributed by atoms with E-state index < -0.39 is 5.97 Å². The summed E-state index contributed by atoms with van der Waals surface area (Å²) in [6.45, 7) is 0.384. The number of aromatic nitrogens is 1. The minimum atomic E-state index is -0.462. The van der Waals surface area contributed by atoms with Gasteiger partial charge in [-0.15, -0.1) is 0 Å². The number of anilines is 1. The smallest absolute Gasteiger partial charge is 0.338 e. The van der Waals surface area contributed by atoms with Crippen molar-refractivity contribution in [2.75, 3.05) is 19.0 Å². The average molecular weight is 378 g/mol. The van der Waals surface area contributed by atoms with Crippen molar-refractivity contribution < 1.29 is 19.4 Å². The van der Waals surface area contributed by atoms with E-state index >= 15 is 0 Å². The molecule has 1 aliphatic carbocycles. The Labute approximate surface area is 162 Å². The van der Waals surface area contributed by atoms with Gasteiger partial charge in [-0.25, -0.2) is 4.79 Å². The van der Waals surface area contributed by atoms with Crippen LogP contribution < -0.4 is 5.32 Å². The van der Waals surface area contributed by atoms with Gasteiger partial charge in [-0.3, -0.25) is 4.79 Å². The van der Waals surface area contributed by atoms with E-state index in [2.05, 4.69) is 5.32 Å². The van der Waals surface area contributed by atoms with E-state index in [1.54, 1.807) is 6.07 Å². The van der Waals surface area contributed by atoms with E-state index in [9.17, 15) is 14.7 Å². The lowest BCUT2D eigenvalue weighted by atomic mass is 10.1. The first kappa shape index (κ1) is 18.3. The molecule has 6 nitrogen and oxygen atoms in total. The third-order valence-electron chi connectivity index (χ3n) is 5.26. The van der Waals surface area contributed by atoms with Gasteiger partial charge in [0, 0.05) is 29.7 Å². The van der Waals surface area contributed by atoms with Crippen LogP contribution in [-0.4, -0.2) is 35.3 Å². The summed E-state index contributed by atoms with van der Waals surface area (Å²) in [6, 6.07) is 15.3. The molecular weight excluding hydrogens is 356 g/mol. The lowest BCUT2D eigenvalue weighted by Gasteiger charge is -2.11. The molecule has 0 bridgehead atoms. The summed E-state index contributed by atoms with van der Waals surface area (Å²) in [7, 11) is 1.33. The molecule has 144 valence electrons. The van der Waals surface area contributed by atoms with Crippen molar-refractivity contribution in [1.29, 1.82) is 0 Å². The Kier molecular flexibility index (Phi) is 4.88. The van der Waals surface area contributed by atoms with Crippen LogP contribution in [0.1, 0.15) is 28.3 Å². The Balaban J connectivity index is 1.60. The summed E-state index contributed by atoms with van der Waals surface area (Å²) in [5.41, 5.74) is 2.88. The highest BCUT2D eigenvalue weighted by Gasteiger charge is 2.43. The fourth-order valence-electron chi connectivity index (χ4n) is 3.74. The lowest BCUT2D eigenvalue weighted by Crippen LogP contribution is -2.15. The van der Waals surface area contributed by atoms with Crippen molar-refractivity contribution in [3.63, 3.8) is 0 Å². The molecule has 6 heteroatoms. The van der Waals surface area contributed by atoms with Crippen LogP contribution in [0.3, 0.4) is 0 Å². The minimum absolute atomic E-state index is 0.0191. The molecule has 28 heavy (non-hydrogen) atoms. The molecule has 1 fully saturated rings. The van der Waals surface area contributed by atoms with E-state index in [-0.39, 0.29) is 24.3 Å². The third kappa shape index (κ3) is 3.39. The van der Waals surface area contributed by atoms with Crippen LogP contribution in [-0.2, 0) is 16.1 Å². The molecule has 4 rings (SSSR count). The van der Waals surface area contributed by atoms with Gasteiger partial charge in [0.05, 0.1) is 24.8 Å². The number of nitrogens with zero attached hydrogens (tertiary/aromatic N) is 1. The number of amides is 1. The molecule has 0 saturated heterocycles. The van der Waals surface area contributed by atoms with E-state index in [1.807, 2.05) is 53.2 Å². The average Bonchev–Trinajstić information content (AvgIpc) is 3.43. The van der Waals surface area contributed by atoms with Crippen LogP contribution in [0.5, 0.6) is 0 Å². The van der Waals surface area contributed by atoms with Crippen molar-refractivity contribution in [1.82, 2.24) is 4.57 Å². The maximum Gasteiger partial charge on any atom is 0.338 e. The van der Waals surface area contributed by atoms with E-state index in [0.29, 0.717) is 17.8 Å². The predicted octanol–water partition coefficient (Wildman–Crippen LogP) is 3.16. The molecule has 0 radical (unpaired) electrons. The van der Waals surface area contributed by atoms with Crippen LogP contribution in [0.2, 0.25) is 0 Å². The van der Waals surface area contributed by atoms with Crippen molar-refractivity contribution in [2.24, 2.45) is 5.92 Å². The minimum Gasteiger partial charge on any atom is -0.465 e. The number of carbonyl (C=O) groups is 2. The molecule has 0 spiro atoms. The van der Waals surface area contributed by atoms with Gasteiger partial charge >= 0.3 is 5.97 Å². The SMILES string of the molecule is COC(=O)c1cc(NC(=O)C2CC2c2ccccc2)cc2c1ccn2CCO. The Bertz CT molecular complexity index is 1030. The molecule has 1 heterocycles. The van der Waals surface area contributed by atoms with Crippen LogP contribution >= 0.6 is 0 Å². The number of hydrogen-bond acceptors (Lipinski definition) is 4. The van der Waals surface area contributed by atoms with E-state index in [0.717, 1.165) is 17.3 Å². The first-order valence-corrected chi connectivity index (χ1v) is 9.30. The summed E-state index contributed by atoms with van der Waals surface area (Å²) in [6.07, 6.45) is 2.63. The van der Waals surface area contributed by atoms with Gasteiger partial charge in [-0.1, -0.05) is 30.3 Å².